The molecule has 0 bridgehead atoms. The lowest BCUT2D eigenvalue weighted by atomic mass is 9.97. The molecule has 0 aliphatic carbocycles. The summed E-state index contributed by atoms with van der Waals surface area (Å²) in [5.41, 5.74) is 7.36. The summed E-state index contributed by atoms with van der Waals surface area (Å²) in [7, 11) is 0. The van der Waals surface area contributed by atoms with E-state index >= 15 is 0 Å². The zero-order chi connectivity index (χ0) is 16.0. The molecule has 5 nitrogen and oxygen atoms in total. The summed E-state index contributed by atoms with van der Waals surface area (Å²) in [6.07, 6.45) is 0.993. The van der Waals surface area contributed by atoms with E-state index in [2.05, 4.69) is 13.8 Å². The average molecular weight is 293 g/mol. The summed E-state index contributed by atoms with van der Waals surface area (Å²) in [5, 5.41) is 8.64. The lowest BCUT2D eigenvalue weighted by Gasteiger charge is -2.14. The Morgan fingerprint density at radius 1 is 1.19 bits per heavy atom. The van der Waals surface area contributed by atoms with Crippen LogP contribution in [0.3, 0.4) is 0 Å². The number of carbonyl (C=O) groups excluding carboxylic acids is 1. The van der Waals surface area contributed by atoms with Crippen LogP contribution in [0.1, 0.15) is 37.8 Å². The molecular weight excluding hydrogens is 270 g/mol. The molecule has 0 radical (unpaired) electrons. The monoisotopic (exact) mass is 293 g/mol. The summed E-state index contributed by atoms with van der Waals surface area (Å²) in [6, 6.07) is 6.63. The predicted molar refractivity (Wildman–Crippen MR) is 80.0 cm³/mol. The molecule has 3 N–H and O–H groups in total. The van der Waals surface area contributed by atoms with E-state index in [9.17, 15) is 9.59 Å². The summed E-state index contributed by atoms with van der Waals surface area (Å²) < 4.78 is 4.93. The number of carboxylic acid groups (broad SMARTS) is 1. The summed E-state index contributed by atoms with van der Waals surface area (Å²) in [6.45, 7) is 5.72. The van der Waals surface area contributed by atoms with Crippen molar-refractivity contribution in [1.29, 1.82) is 0 Å². The van der Waals surface area contributed by atoms with Crippen LogP contribution in [0.5, 0.6) is 0 Å². The largest absolute Gasteiger partial charge is 0.480 e. The lowest BCUT2D eigenvalue weighted by molar-refractivity contribution is -0.148. The van der Waals surface area contributed by atoms with Crippen molar-refractivity contribution in [3.8, 4) is 0 Å². The van der Waals surface area contributed by atoms with Gasteiger partial charge in [-0.25, -0.2) is 0 Å². The number of hydrogen-bond acceptors (Lipinski definition) is 4. The van der Waals surface area contributed by atoms with Crippen LogP contribution in [0, 0.1) is 5.92 Å². The minimum Gasteiger partial charge on any atom is -0.480 e. The molecule has 0 heterocycles. The highest BCUT2D eigenvalue weighted by Gasteiger charge is 2.20. The van der Waals surface area contributed by atoms with Crippen molar-refractivity contribution in [1.82, 2.24) is 0 Å². The number of hydrogen-bond donors (Lipinski definition) is 2. The van der Waals surface area contributed by atoms with Crippen molar-refractivity contribution >= 4 is 11.9 Å². The molecule has 1 aromatic carbocycles. The maximum absolute atomic E-state index is 11.9. The van der Waals surface area contributed by atoms with E-state index in [0.717, 1.165) is 12.0 Å². The zero-order valence-electron chi connectivity index (χ0n) is 12.7. The third-order valence-electron chi connectivity index (χ3n) is 3.20. The Labute approximate surface area is 125 Å². The van der Waals surface area contributed by atoms with Crippen LogP contribution < -0.4 is 5.73 Å². The first-order chi connectivity index (χ1) is 9.81. The van der Waals surface area contributed by atoms with Crippen molar-refractivity contribution < 1.29 is 19.4 Å². The fourth-order valence-corrected chi connectivity index (χ4v) is 1.92. The van der Waals surface area contributed by atoms with Crippen LogP contribution in [-0.2, 0) is 20.7 Å². The summed E-state index contributed by atoms with van der Waals surface area (Å²) in [4.78, 5) is 22.4. The summed E-state index contributed by atoms with van der Waals surface area (Å²) in [5.74, 6) is -1.52. The van der Waals surface area contributed by atoms with Gasteiger partial charge in [-0.3, -0.25) is 9.59 Å². The van der Waals surface area contributed by atoms with Gasteiger partial charge in [-0.1, -0.05) is 38.1 Å². The lowest BCUT2D eigenvalue weighted by Crippen LogP contribution is -2.36. The molecule has 0 fully saturated rings. The Morgan fingerprint density at radius 2 is 1.76 bits per heavy atom. The Hall–Kier alpha value is -1.88. The summed E-state index contributed by atoms with van der Waals surface area (Å²) >= 11 is 0. The highest BCUT2D eigenvalue weighted by molar-refractivity contribution is 5.78. The van der Waals surface area contributed by atoms with E-state index in [4.69, 9.17) is 15.6 Å². The number of esters is 1. The van der Waals surface area contributed by atoms with Crippen LogP contribution >= 0.6 is 0 Å². The molecule has 1 rings (SSSR count). The molecule has 0 aliphatic heterocycles. The van der Waals surface area contributed by atoms with Gasteiger partial charge in [-0.15, -0.1) is 0 Å². The van der Waals surface area contributed by atoms with Gasteiger partial charge in [0.05, 0.1) is 5.92 Å². The van der Waals surface area contributed by atoms with Crippen LogP contribution in [0.15, 0.2) is 24.3 Å². The van der Waals surface area contributed by atoms with Crippen LogP contribution in [0.2, 0.25) is 0 Å². The fourth-order valence-electron chi connectivity index (χ4n) is 1.92. The van der Waals surface area contributed by atoms with E-state index in [1.165, 1.54) is 5.56 Å². The maximum Gasteiger partial charge on any atom is 0.324 e. The topological polar surface area (TPSA) is 89.6 Å². The van der Waals surface area contributed by atoms with Gasteiger partial charge in [0.1, 0.15) is 12.6 Å². The number of carbonyl (C=O) groups is 2. The Balaban J connectivity index is 2.59. The van der Waals surface area contributed by atoms with Crippen molar-refractivity contribution in [3.63, 3.8) is 0 Å². The van der Waals surface area contributed by atoms with Gasteiger partial charge in [0.2, 0.25) is 0 Å². The molecule has 0 amide bonds. The molecule has 0 spiro atoms. The van der Waals surface area contributed by atoms with E-state index in [1.807, 2.05) is 24.3 Å². The van der Waals surface area contributed by atoms with Gasteiger partial charge in [0.15, 0.2) is 0 Å². The van der Waals surface area contributed by atoms with Crippen LogP contribution in [-0.4, -0.2) is 29.7 Å². The maximum atomic E-state index is 11.9. The van der Waals surface area contributed by atoms with Gasteiger partial charge in [0.25, 0.3) is 0 Å². The normalized spacial score (nSPS) is 13.8. The predicted octanol–water partition coefficient (Wildman–Crippen LogP) is 1.94. The average Bonchev–Trinajstić information content (AvgIpc) is 2.43. The highest BCUT2D eigenvalue weighted by Crippen LogP contribution is 2.18. The molecular formula is C16H23NO4. The van der Waals surface area contributed by atoms with Gasteiger partial charge in [-0.2, -0.15) is 0 Å². The Kier molecular flexibility index (Phi) is 6.37. The Morgan fingerprint density at radius 3 is 2.24 bits per heavy atom. The molecule has 2 atom stereocenters. The number of nitrogens with two attached hydrogens (primary N) is 1. The third kappa shape index (κ3) is 5.55. The van der Waals surface area contributed by atoms with Crippen molar-refractivity contribution in [2.45, 2.75) is 39.2 Å². The first kappa shape index (κ1) is 17.2. The van der Waals surface area contributed by atoms with E-state index in [1.54, 1.807) is 6.92 Å². The molecule has 5 heteroatoms. The second-order valence-electron chi connectivity index (χ2n) is 5.64. The number of rotatable bonds is 7. The van der Waals surface area contributed by atoms with Crippen LogP contribution in [0.25, 0.3) is 0 Å². The van der Waals surface area contributed by atoms with Gasteiger partial charge in [0, 0.05) is 0 Å². The molecule has 1 aromatic rings. The number of aliphatic carboxylic acids is 1. The quantitative estimate of drug-likeness (QED) is 0.750. The standard InChI is InChI=1S/C16H23NO4/c1-10(2)8-12-4-6-13(7-5-12)11(3)16(20)21-9-14(17)15(18)19/h4-7,10-11,14H,8-9,17H2,1-3H3,(H,18,19)/t11-,14+/m1/s1. The third-order valence-corrected chi connectivity index (χ3v) is 3.20. The van der Waals surface area contributed by atoms with Crippen molar-refractivity contribution in [2.24, 2.45) is 11.7 Å². The highest BCUT2D eigenvalue weighted by atomic mass is 16.5. The number of ether oxygens (including phenoxy) is 1. The van der Waals surface area contributed by atoms with Crippen molar-refractivity contribution in [3.05, 3.63) is 35.4 Å². The molecule has 0 aliphatic rings. The first-order valence-corrected chi connectivity index (χ1v) is 7.05. The van der Waals surface area contributed by atoms with E-state index < -0.39 is 23.9 Å². The molecule has 0 saturated carbocycles. The zero-order valence-corrected chi connectivity index (χ0v) is 12.7. The first-order valence-electron chi connectivity index (χ1n) is 7.05. The Bertz CT molecular complexity index is 482. The molecule has 0 unspecified atom stereocenters. The van der Waals surface area contributed by atoms with Crippen molar-refractivity contribution in [2.75, 3.05) is 6.61 Å². The van der Waals surface area contributed by atoms with Crippen LogP contribution in [0.4, 0.5) is 0 Å². The second kappa shape index (κ2) is 7.78. The smallest absolute Gasteiger partial charge is 0.324 e. The minimum absolute atomic E-state index is 0.316. The van der Waals surface area contributed by atoms with E-state index in [-0.39, 0.29) is 6.61 Å². The SMILES string of the molecule is CC(C)Cc1ccc([C@@H](C)C(=O)OC[C@H](N)C(=O)O)cc1. The van der Waals surface area contributed by atoms with E-state index in [0.29, 0.717) is 5.92 Å². The van der Waals surface area contributed by atoms with Gasteiger partial charge < -0.3 is 15.6 Å². The fraction of sp³-hybridized carbons (Fsp3) is 0.500. The second-order valence-corrected chi connectivity index (χ2v) is 5.64. The molecule has 0 aromatic heterocycles. The number of carboxylic acids is 1. The molecule has 116 valence electrons. The van der Waals surface area contributed by atoms with Gasteiger partial charge in [-0.05, 0) is 30.4 Å². The molecule has 21 heavy (non-hydrogen) atoms. The minimum atomic E-state index is -1.19. The number of benzene rings is 1. The van der Waals surface area contributed by atoms with Gasteiger partial charge >= 0.3 is 11.9 Å². The molecule has 0 saturated heterocycles.